The van der Waals surface area contributed by atoms with Crippen molar-refractivity contribution in [2.45, 2.75) is 31.4 Å². The average molecular weight is 429 g/mol. The van der Waals surface area contributed by atoms with Gasteiger partial charge in [-0.05, 0) is 43.5 Å². The van der Waals surface area contributed by atoms with Gasteiger partial charge in [-0.3, -0.25) is 9.89 Å². The molecule has 1 aliphatic rings. The quantitative estimate of drug-likeness (QED) is 0.628. The second kappa shape index (κ2) is 8.45. The minimum absolute atomic E-state index is 0.131. The predicted octanol–water partition coefficient (Wildman–Crippen LogP) is 2.70. The van der Waals surface area contributed by atoms with Crippen LogP contribution in [0, 0.1) is 12.8 Å². The van der Waals surface area contributed by atoms with Crippen LogP contribution in [0.2, 0.25) is 0 Å². The Morgan fingerprint density at radius 1 is 1.23 bits per heavy atom. The summed E-state index contributed by atoms with van der Waals surface area (Å²) < 4.78 is 32.9. The van der Waals surface area contributed by atoms with Crippen LogP contribution < -0.4 is 5.32 Å². The van der Waals surface area contributed by atoms with Crippen molar-refractivity contribution in [2.75, 3.05) is 13.1 Å². The van der Waals surface area contributed by atoms with E-state index < -0.39 is 10.0 Å². The molecule has 8 nitrogen and oxygen atoms in total. The predicted molar refractivity (Wildman–Crippen MR) is 111 cm³/mol. The Morgan fingerprint density at radius 3 is 2.77 bits per heavy atom. The summed E-state index contributed by atoms with van der Waals surface area (Å²) in [5.74, 6) is -0.121. The van der Waals surface area contributed by atoms with Gasteiger partial charge in [0.1, 0.15) is 5.69 Å². The van der Waals surface area contributed by atoms with Crippen LogP contribution in [0.25, 0.3) is 11.5 Å². The number of aromatic nitrogens is 2. The van der Waals surface area contributed by atoms with Crippen LogP contribution >= 0.6 is 0 Å². The molecule has 158 valence electrons. The lowest BCUT2D eigenvalue weighted by atomic mass is 9.98. The molecule has 0 spiro atoms. The van der Waals surface area contributed by atoms with Crippen LogP contribution in [0.1, 0.15) is 24.0 Å². The molecular weight excluding hydrogens is 404 g/mol. The number of nitrogens with zero attached hydrogens (tertiary/aromatic N) is 2. The Bertz CT molecular complexity index is 1100. The lowest BCUT2D eigenvalue weighted by Crippen LogP contribution is -2.45. The number of piperidine rings is 1. The van der Waals surface area contributed by atoms with E-state index in [0.717, 1.165) is 11.1 Å². The van der Waals surface area contributed by atoms with Gasteiger partial charge in [-0.15, -0.1) is 0 Å². The van der Waals surface area contributed by atoms with Gasteiger partial charge < -0.3 is 9.73 Å². The molecule has 2 N–H and O–H groups in total. The third-order valence-corrected chi connectivity index (χ3v) is 7.02. The van der Waals surface area contributed by atoms with Crippen molar-refractivity contribution in [3.8, 4) is 11.5 Å². The fraction of sp³-hybridized carbons (Fsp3) is 0.333. The zero-order valence-corrected chi connectivity index (χ0v) is 17.5. The smallest absolute Gasteiger partial charge is 0.276 e. The van der Waals surface area contributed by atoms with Crippen molar-refractivity contribution >= 4 is 15.9 Å². The molecule has 1 aromatic carbocycles. The lowest BCUT2D eigenvalue weighted by molar-refractivity contribution is -0.126. The molecule has 1 fully saturated rings. The highest BCUT2D eigenvalue weighted by Gasteiger charge is 2.35. The van der Waals surface area contributed by atoms with Crippen molar-refractivity contribution in [2.24, 2.45) is 5.92 Å². The van der Waals surface area contributed by atoms with Gasteiger partial charge in [-0.2, -0.15) is 9.40 Å². The molecule has 0 bridgehead atoms. The molecule has 3 heterocycles. The average Bonchev–Trinajstić information content (AvgIpc) is 3.45. The Morgan fingerprint density at radius 2 is 2.03 bits per heavy atom. The van der Waals surface area contributed by atoms with Gasteiger partial charge in [0.05, 0.1) is 5.92 Å². The minimum Gasteiger partial charge on any atom is -0.442 e. The number of hydrogen-bond donors (Lipinski definition) is 2. The zero-order chi connectivity index (χ0) is 21.1. The molecule has 0 radical (unpaired) electrons. The number of furan rings is 1. The number of amides is 1. The zero-order valence-electron chi connectivity index (χ0n) is 16.7. The maximum Gasteiger partial charge on any atom is 0.276 e. The number of aryl methyl sites for hydroxylation is 1. The molecule has 4 rings (SSSR count). The van der Waals surface area contributed by atoms with E-state index in [0.29, 0.717) is 37.4 Å². The Balaban J connectivity index is 1.41. The highest BCUT2D eigenvalue weighted by Crippen LogP contribution is 2.28. The largest absolute Gasteiger partial charge is 0.442 e. The van der Waals surface area contributed by atoms with Gasteiger partial charge in [0.2, 0.25) is 11.0 Å². The lowest BCUT2D eigenvalue weighted by Gasteiger charge is -2.30. The number of carbonyl (C=O) groups excluding carboxylic acids is 1. The molecule has 1 amide bonds. The third-order valence-electron chi connectivity index (χ3n) is 5.28. The molecule has 0 saturated carbocycles. The maximum absolute atomic E-state index is 13.0. The third kappa shape index (κ3) is 4.31. The normalized spacial score (nSPS) is 17.7. The SMILES string of the molecule is Cc1ccc(CNC(=O)[C@H]2CCCN(S(=O)(=O)c3ccc(-c4ccn[nH]4)o3)C2)cc1. The van der Waals surface area contributed by atoms with Crippen LogP contribution in [0.5, 0.6) is 0 Å². The fourth-order valence-corrected chi connectivity index (χ4v) is 4.97. The number of aromatic amines is 1. The van der Waals surface area contributed by atoms with Crippen molar-refractivity contribution in [1.29, 1.82) is 0 Å². The van der Waals surface area contributed by atoms with E-state index in [1.54, 1.807) is 18.3 Å². The van der Waals surface area contributed by atoms with E-state index in [2.05, 4.69) is 15.5 Å². The van der Waals surface area contributed by atoms with E-state index in [1.165, 1.54) is 10.4 Å². The number of carbonyl (C=O) groups is 1. The Labute approximate surface area is 175 Å². The van der Waals surface area contributed by atoms with Crippen LogP contribution in [0.3, 0.4) is 0 Å². The molecule has 9 heteroatoms. The summed E-state index contributed by atoms with van der Waals surface area (Å²) in [4.78, 5) is 12.6. The molecular formula is C21H24N4O4S. The molecule has 1 saturated heterocycles. The van der Waals surface area contributed by atoms with Crippen LogP contribution in [0.15, 0.2) is 58.2 Å². The summed E-state index contributed by atoms with van der Waals surface area (Å²) in [5, 5.41) is 9.38. The first-order chi connectivity index (χ1) is 14.4. The summed E-state index contributed by atoms with van der Waals surface area (Å²) in [5.41, 5.74) is 2.77. The number of nitrogens with one attached hydrogen (secondary N) is 2. The topological polar surface area (TPSA) is 108 Å². The van der Waals surface area contributed by atoms with Crippen molar-refractivity contribution < 1.29 is 17.6 Å². The minimum atomic E-state index is -3.82. The van der Waals surface area contributed by atoms with E-state index in [9.17, 15) is 13.2 Å². The first-order valence-corrected chi connectivity index (χ1v) is 11.3. The summed E-state index contributed by atoms with van der Waals surface area (Å²) >= 11 is 0. The van der Waals surface area contributed by atoms with Crippen LogP contribution in [-0.4, -0.2) is 41.9 Å². The van der Waals surface area contributed by atoms with Gasteiger partial charge in [0.15, 0.2) is 5.76 Å². The van der Waals surface area contributed by atoms with Gasteiger partial charge >= 0.3 is 0 Å². The van der Waals surface area contributed by atoms with Crippen molar-refractivity contribution in [3.63, 3.8) is 0 Å². The standard InChI is InChI=1S/C21H24N4O4S/c1-15-4-6-16(7-5-15)13-22-21(26)17-3-2-12-25(14-17)30(27,28)20-9-8-19(29-20)18-10-11-23-24-18/h4-11,17H,2-3,12-14H2,1H3,(H,22,26)(H,23,24)/t17-/m0/s1. The number of benzene rings is 1. The number of H-pyrrole nitrogens is 1. The molecule has 30 heavy (non-hydrogen) atoms. The van der Waals surface area contributed by atoms with E-state index >= 15 is 0 Å². The first kappa shape index (κ1) is 20.4. The van der Waals surface area contributed by atoms with Crippen LogP contribution in [0.4, 0.5) is 0 Å². The van der Waals surface area contributed by atoms with Crippen molar-refractivity contribution in [1.82, 2.24) is 19.8 Å². The number of sulfonamides is 1. The molecule has 3 aromatic rings. The molecule has 2 aromatic heterocycles. The van der Waals surface area contributed by atoms with Gasteiger partial charge in [-0.1, -0.05) is 29.8 Å². The summed E-state index contributed by atoms with van der Waals surface area (Å²) in [7, 11) is -3.82. The number of rotatable bonds is 6. The van der Waals surface area contributed by atoms with Crippen molar-refractivity contribution in [3.05, 3.63) is 59.8 Å². The first-order valence-electron chi connectivity index (χ1n) is 9.86. The monoisotopic (exact) mass is 428 g/mol. The van der Waals surface area contributed by atoms with E-state index in [1.807, 2.05) is 31.2 Å². The van der Waals surface area contributed by atoms with Gasteiger partial charge in [0, 0.05) is 25.8 Å². The summed E-state index contributed by atoms with van der Waals surface area (Å²) in [6.45, 7) is 2.94. The van der Waals surface area contributed by atoms with E-state index in [-0.39, 0.29) is 23.5 Å². The maximum atomic E-state index is 13.0. The summed E-state index contributed by atoms with van der Waals surface area (Å²) in [6, 6.07) is 12.7. The molecule has 0 unspecified atom stereocenters. The molecule has 1 aliphatic heterocycles. The molecule has 1 atom stereocenters. The second-order valence-electron chi connectivity index (χ2n) is 7.49. The molecule has 0 aliphatic carbocycles. The van der Waals surface area contributed by atoms with E-state index in [4.69, 9.17) is 4.42 Å². The highest BCUT2D eigenvalue weighted by atomic mass is 32.2. The number of hydrogen-bond acceptors (Lipinski definition) is 5. The summed E-state index contributed by atoms with van der Waals surface area (Å²) in [6.07, 6.45) is 2.84. The van der Waals surface area contributed by atoms with Crippen LogP contribution in [-0.2, 0) is 21.4 Å². The fourth-order valence-electron chi connectivity index (χ4n) is 3.54. The Kier molecular flexibility index (Phi) is 5.74. The second-order valence-corrected chi connectivity index (χ2v) is 9.36. The highest BCUT2D eigenvalue weighted by molar-refractivity contribution is 7.89. The Hall–Kier alpha value is -2.91. The van der Waals surface area contributed by atoms with Gasteiger partial charge in [0.25, 0.3) is 10.0 Å². The van der Waals surface area contributed by atoms with Gasteiger partial charge in [-0.25, -0.2) is 8.42 Å².